The molecule has 0 aliphatic heterocycles. The molecule has 0 fully saturated rings. The molecule has 0 radical (unpaired) electrons. The summed E-state index contributed by atoms with van der Waals surface area (Å²) in [6.45, 7) is 0. The van der Waals surface area contributed by atoms with Crippen molar-refractivity contribution in [3.63, 3.8) is 0 Å². The Bertz CT molecular complexity index is 188. The van der Waals surface area contributed by atoms with Gasteiger partial charge >= 0.3 is 17.1 Å². The zero-order valence-corrected chi connectivity index (χ0v) is 21.1. The molecule has 0 saturated carbocycles. The van der Waals surface area contributed by atoms with Gasteiger partial charge in [0.05, 0.1) is 0 Å². The minimum absolute atomic E-state index is 0. The molecule has 0 rings (SSSR count). The maximum Gasteiger partial charge on any atom is 2.00 e. The summed E-state index contributed by atoms with van der Waals surface area (Å²) in [4.78, 5) is 0. The molecule has 0 aliphatic carbocycles. The van der Waals surface area contributed by atoms with E-state index in [1.165, 1.54) is 0 Å². The van der Waals surface area contributed by atoms with Crippen LogP contribution in [-0.4, -0.2) is 113 Å². The Labute approximate surface area is 171 Å². The van der Waals surface area contributed by atoms with E-state index in [1.54, 1.807) is 0 Å². The van der Waals surface area contributed by atoms with E-state index in [2.05, 4.69) is 113 Å². The Morgan fingerprint density at radius 3 is 0.435 bits per heavy atom. The molecule has 0 atom stereocenters. The first kappa shape index (κ1) is 35.8. The number of hydrogen-bond donors (Lipinski definition) is 0. The minimum atomic E-state index is -0.238. The van der Waals surface area contributed by atoms with E-state index < -0.39 is 0 Å². The summed E-state index contributed by atoms with van der Waals surface area (Å²) in [5, 5.41) is 0. The quantitative estimate of drug-likeness (QED) is 0.298. The van der Waals surface area contributed by atoms with Gasteiger partial charge in [0.2, 0.25) is 0 Å². The molecule has 146 valence electrons. The first-order valence-electron chi connectivity index (χ1n) is 6.57. The van der Waals surface area contributed by atoms with Crippen molar-refractivity contribution >= 4 is 16.7 Å². The number of hydrogen-bond acceptors (Lipinski definition) is 6. The van der Waals surface area contributed by atoms with Crippen molar-refractivity contribution in [1.29, 1.82) is 0 Å². The maximum atomic E-state index is 2.23. The monoisotopic (exact) mass is 452 g/mol. The summed E-state index contributed by atoms with van der Waals surface area (Å²) in [6.07, 6.45) is 0. The Kier molecular flexibility index (Phi) is 28.8. The van der Waals surface area contributed by atoms with Crippen LogP contribution in [0.3, 0.4) is 0 Å². The van der Waals surface area contributed by atoms with E-state index in [0.29, 0.717) is 0 Å². The molecule has 0 aromatic heterocycles. The maximum absolute atomic E-state index is 2.23. The molecular weight excluding hydrogens is 417 g/mol. The Balaban J connectivity index is -0.0000000831. The van der Waals surface area contributed by atoms with Gasteiger partial charge in [0.1, 0.15) is 16.7 Å². The summed E-state index contributed by atoms with van der Waals surface area (Å²) in [6, 6.07) is 0. The molecule has 11 heteroatoms. The number of rotatable bonds is 6. The topological polar surface area (TPSA) is 19.4 Å². The summed E-state index contributed by atoms with van der Waals surface area (Å²) >= 11 is 0. The average Bonchev–Trinajstić information content (AvgIpc) is 2.12. The van der Waals surface area contributed by atoms with E-state index in [4.69, 9.17) is 0 Å². The van der Waals surface area contributed by atoms with Crippen LogP contribution in [0.1, 0.15) is 0 Å². The van der Waals surface area contributed by atoms with Crippen LogP contribution < -0.4 is 24.8 Å². The van der Waals surface area contributed by atoms with Gasteiger partial charge < -0.3 is 24.8 Å². The van der Waals surface area contributed by atoms with E-state index >= 15 is 0 Å². The minimum Gasteiger partial charge on any atom is -1.00 e. The Hall–Kier alpha value is 1.72. The van der Waals surface area contributed by atoms with Crippen molar-refractivity contribution in [2.45, 2.75) is 0 Å². The normalized spacial score (nSPS) is 11.0. The summed E-state index contributed by atoms with van der Waals surface area (Å²) in [5.41, 5.74) is 0. The van der Waals surface area contributed by atoms with Crippen molar-refractivity contribution in [3.05, 3.63) is 0 Å². The average molecular weight is 453 g/mol. The third-order valence-corrected chi connectivity index (χ3v) is 6.44. The van der Waals surface area contributed by atoms with Crippen LogP contribution in [0.15, 0.2) is 0 Å². The molecular formula is C12H36Cl2FeN6P2. The van der Waals surface area contributed by atoms with Crippen LogP contribution in [0.2, 0.25) is 0 Å². The zero-order valence-electron chi connectivity index (χ0n) is 16.7. The summed E-state index contributed by atoms with van der Waals surface area (Å²) < 4.78 is 13.4. The van der Waals surface area contributed by atoms with Gasteiger partial charge in [0.25, 0.3) is 0 Å². The Morgan fingerprint density at radius 1 is 0.348 bits per heavy atom. The van der Waals surface area contributed by atoms with Gasteiger partial charge in [0.15, 0.2) is 0 Å². The van der Waals surface area contributed by atoms with Crippen LogP contribution in [0.25, 0.3) is 0 Å². The van der Waals surface area contributed by atoms with Gasteiger partial charge in [-0.15, -0.1) is 0 Å². The van der Waals surface area contributed by atoms with Gasteiger partial charge in [-0.25, -0.2) is 0 Å². The molecule has 0 unspecified atom stereocenters. The first-order chi connectivity index (χ1) is 8.93. The molecule has 0 aromatic rings. The van der Waals surface area contributed by atoms with Crippen molar-refractivity contribution in [1.82, 2.24) is 28.0 Å². The molecule has 0 saturated heterocycles. The predicted molar refractivity (Wildman–Crippen MR) is 96.0 cm³/mol. The first-order valence-corrected chi connectivity index (χ1v) is 8.97. The van der Waals surface area contributed by atoms with Crippen LogP contribution >= 0.6 is 16.7 Å². The van der Waals surface area contributed by atoms with E-state index in [0.717, 1.165) is 0 Å². The van der Waals surface area contributed by atoms with Gasteiger partial charge in [-0.1, -0.05) is 0 Å². The van der Waals surface area contributed by atoms with Gasteiger partial charge in [-0.05, 0) is 84.6 Å². The second-order valence-electron chi connectivity index (χ2n) is 5.62. The van der Waals surface area contributed by atoms with E-state index in [9.17, 15) is 0 Å². The van der Waals surface area contributed by atoms with Crippen molar-refractivity contribution in [2.75, 3.05) is 84.6 Å². The van der Waals surface area contributed by atoms with Crippen molar-refractivity contribution in [3.8, 4) is 0 Å². The van der Waals surface area contributed by atoms with Gasteiger partial charge in [-0.2, -0.15) is 0 Å². The van der Waals surface area contributed by atoms with E-state index in [-0.39, 0.29) is 58.6 Å². The summed E-state index contributed by atoms with van der Waals surface area (Å²) in [5.74, 6) is 0. The number of nitrogens with zero attached hydrogens (tertiary/aromatic N) is 6. The molecule has 0 bridgehead atoms. The SMILES string of the molecule is CN(C)P(N(C)C)N(C)C.CN(C)P(N(C)C)N(C)C.[Cl-].[Cl-].[Fe+2]. The van der Waals surface area contributed by atoms with Crippen LogP contribution in [-0.2, 0) is 17.1 Å². The van der Waals surface area contributed by atoms with Crippen LogP contribution in [0.5, 0.6) is 0 Å². The van der Waals surface area contributed by atoms with Crippen molar-refractivity contribution < 1.29 is 41.9 Å². The van der Waals surface area contributed by atoms with E-state index in [1.807, 2.05) is 0 Å². The molecule has 6 nitrogen and oxygen atoms in total. The number of halogens is 2. The second kappa shape index (κ2) is 18.5. The summed E-state index contributed by atoms with van der Waals surface area (Å²) in [7, 11) is 24.8. The van der Waals surface area contributed by atoms with Crippen LogP contribution in [0.4, 0.5) is 0 Å². The molecule has 0 aliphatic rings. The molecule has 0 aromatic carbocycles. The molecule has 0 heterocycles. The molecule has 0 spiro atoms. The largest absolute Gasteiger partial charge is 2.00 e. The standard InChI is InChI=1S/2C6H18N3P.2ClH.Fe/c2*1-7(2)10(8(3)4)9(5)6;;;/h2*1-6H3;2*1H;/q;;;;+2/p-2. The third-order valence-electron chi connectivity index (χ3n) is 2.15. The molecule has 0 amide bonds. The molecule has 23 heavy (non-hydrogen) atoms. The fourth-order valence-electron chi connectivity index (χ4n) is 2.15. The second-order valence-corrected chi connectivity index (χ2v) is 11.5. The molecule has 0 N–H and O–H groups in total. The van der Waals surface area contributed by atoms with Gasteiger partial charge in [0, 0.05) is 0 Å². The van der Waals surface area contributed by atoms with Crippen LogP contribution in [0, 0.1) is 0 Å². The fourth-order valence-corrected chi connectivity index (χ4v) is 6.44. The Morgan fingerprint density at radius 2 is 0.435 bits per heavy atom. The van der Waals surface area contributed by atoms with Crippen molar-refractivity contribution in [2.24, 2.45) is 0 Å². The predicted octanol–water partition coefficient (Wildman–Crippen LogP) is -4.20. The third kappa shape index (κ3) is 16.9. The fraction of sp³-hybridized carbons (Fsp3) is 1.00. The smallest absolute Gasteiger partial charge is 1.00 e. The van der Waals surface area contributed by atoms with Gasteiger partial charge in [-0.3, -0.25) is 28.0 Å². The zero-order chi connectivity index (χ0) is 16.6.